The molecular weight excluding hydrogens is 365 g/mol. The number of carbonyl (C=O) groups is 2. The normalized spacial score (nSPS) is 19.4. The number of nitrogens with one attached hydrogen (secondary N) is 2. The molecule has 2 aliphatic rings. The van der Waals surface area contributed by atoms with Crippen molar-refractivity contribution in [2.24, 2.45) is 5.92 Å². The van der Waals surface area contributed by atoms with Crippen LogP contribution in [-0.2, 0) is 16.0 Å². The van der Waals surface area contributed by atoms with Crippen LogP contribution in [0.4, 0.5) is 10.1 Å². The van der Waals surface area contributed by atoms with Gasteiger partial charge in [0.25, 0.3) is 0 Å². The summed E-state index contributed by atoms with van der Waals surface area (Å²) in [6.07, 6.45) is 3.42. The van der Waals surface area contributed by atoms with E-state index in [1.54, 1.807) is 0 Å². The zero-order valence-corrected chi connectivity index (χ0v) is 15.7. The Morgan fingerprint density at radius 1 is 1.15 bits per heavy atom. The van der Waals surface area contributed by atoms with Gasteiger partial charge in [0.2, 0.25) is 11.8 Å². The van der Waals surface area contributed by atoms with Gasteiger partial charge in [-0.05, 0) is 66.5 Å². The summed E-state index contributed by atoms with van der Waals surface area (Å²) in [5.41, 5.74) is 1.89. The van der Waals surface area contributed by atoms with E-state index in [0.29, 0.717) is 24.2 Å². The number of anilines is 1. The van der Waals surface area contributed by atoms with Crippen LogP contribution < -0.4 is 10.6 Å². The van der Waals surface area contributed by atoms with Crippen LogP contribution in [0.25, 0.3) is 0 Å². The lowest BCUT2D eigenvalue weighted by molar-refractivity contribution is -0.125. The van der Waals surface area contributed by atoms with E-state index < -0.39 is 0 Å². The minimum atomic E-state index is -0.359. The molecule has 0 bridgehead atoms. The predicted molar refractivity (Wildman–Crippen MR) is 103 cm³/mol. The molecule has 0 radical (unpaired) electrons. The highest BCUT2D eigenvalue weighted by atomic mass is 32.1. The van der Waals surface area contributed by atoms with Crippen molar-refractivity contribution < 1.29 is 14.0 Å². The molecule has 7 heteroatoms. The maximum atomic E-state index is 12.9. The summed E-state index contributed by atoms with van der Waals surface area (Å²) in [6.45, 7) is 1.09. The highest BCUT2D eigenvalue weighted by Gasteiger charge is 2.40. The first-order valence-corrected chi connectivity index (χ1v) is 10.1. The van der Waals surface area contributed by atoms with Gasteiger partial charge in [0.1, 0.15) is 5.82 Å². The Labute approximate surface area is 161 Å². The van der Waals surface area contributed by atoms with Gasteiger partial charge in [-0.1, -0.05) is 0 Å². The number of hydrogen-bond donors (Lipinski definition) is 2. The minimum Gasteiger partial charge on any atom is -0.346 e. The molecule has 1 atom stereocenters. The van der Waals surface area contributed by atoms with Gasteiger partial charge in [-0.15, -0.1) is 11.3 Å². The largest absolute Gasteiger partial charge is 0.346 e. The zero-order chi connectivity index (χ0) is 18.8. The summed E-state index contributed by atoms with van der Waals surface area (Å²) in [4.78, 5) is 28.0. The average molecular weight is 387 g/mol. The molecule has 1 aliphatic heterocycles. The number of carbonyl (C=O) groups excluding carboxylic acids is 2. The summed E-state index contributed by atoms with van der Waals surface area (Å²) >= 11 is 1.81. The van der Waals surface area contributed by atoms with E-state index >= 15 is 0 Å². The van der Waals surface area contributed by atoms with Crippen molar-refractivity contribution in [2.75, 3.05) is 25.0 Å². The van der Waals surface area contributed by atoms with Gasteiger partial charge in [0.05, 0.1) is 13.1 Å². The lowest BCUT2D eigenvalue weighted by Gasteiger charge is -2.35. The molecule has 0 unspecified atom stereocenters. The molecule has 2 heterocycles. The predicted octanol–water partition coefficient (Wildman–Crippen LogP) is 2.95. The molecule has 1 aliphatic carbocycles. The Bertz CT molecular complexity index is 832. The first-order valence-electron chi connectivity index (χ1n) is 9.22. The van der Waals surface area contributed by atoms with Gasteiger partial charge in [-0.25, -0.2) is 4.39 Å². The lowest BCUT2D eigenvalue weighted by atomic mass is 9.96. The molecule has 1 aromatic carbocycles. The first kappa shape index (κ1) is 18.1. The average Bonchev–Trinajstić information content (AvgIpc) is 3.38. The van der Waals surface area contributed by atoms with Gasteiger partial charge in [0, 0.05) is 23.2 Å². The first-order chi connectivity index (χ1) is 13.1. The molecule has 1 aromatic heterocycles. The standard InChI is InChI=1S/C20H22FN3O2S/c21-14-3-5-15(6-4-14)23-18(25)11-22-19(26)12-24-9-7-17-16(8-10-27-17)20(24)13-1-2-13/h3-6,8,10,13,20H,1-2,7,9,11-12H2,(H,22,26)(H,23,25)/t20-/m1/s1. The second kappa shape index (κ2) is 7.78. The van der Waals surface area contributed by atoms with Crippen molar-refractivity contribution in [1.29, 1.82) is 0 Å². The fraction of sp³-hybridized carbons (Fsp3) is 0.400. The molecular formula is C20H22FN3O2S. The summed E-state index contributed by atoms with van der Waals surface area (Å²) in [7, 11) is 0. The number of benzene rings is 1. The fourth-order valence-electron chi connectivity index (χ4n) is 3.70. The molecule has 2 amide bonds. The van der Waals surface area contributed by atoms with E-state index in [0.717, 1.165) is 13.0 Å². The molecule has 4 rings (SSSR count). The topological polar surface area (TPSA) is 61.4 Å². The number of hydrogen-bond acceptors (Lipinski definition) is 4. The van der Waals surface area contributed by atoms with Crippen molar-refractivity contribution in [2.45, 2.75) is 25.3 Å². The third-order valence-corrected chi connectivity index (χ3v) is 6.10. The fourth-order valence-corrected chi connectivity index (χ4v) is 4.61. The van der Waals surface area contributed by atoms with Gasteiger partial charge in [-0.3, -0.25) is 14.5 Å². The molecule has 0 spiro atoms. The number of rotatable bonds is 6. The van der Waals surface area contributed by atoms with E-state index in [-0.39, 0.29) is 24.2 Å². The van der Waals surface area contributed by atoms with E-state index in [2.05, 4.69) is 27.0 Å². The van der Waals surface area contributed by atoms with Crippen LogP contribution in [0.5, 0.6) is 0 Å². The Morgan fingerprint density at radius 2 is 1.93 bits per heavy atom. The van der Waals surface area contributed by atoms with Crippen molar-refractivity contribution in [3.63, 3.8) is 0 Å². The Hall–Kier alpha value is -2.25. The van der Waals surface area contributed by atoms with Crippen LogP contribution in [0, 0.1) is 11.7 Å². The van der Waals surface area contributed by atoms with Crippen LogP contribution in [0.1, 0.15) is 29.3 Å². The maximum Gasteiger partial charge on any atom is 0.243 e. The summed E-state index contributed by atoms with van der Waals surface area (Å²) < 4.78 is 12.9. The third-order valence-electron chi connectivity index (χ3n) is 5.11. The zero-order valence-electron chi connectivity index (χ0n) is 14.9. The Kier molecular flexibility index (Phi) is 5.22. The molecule has 27 heavy (non-hydrogen) atoms. The van der Waals surface area contributed by atoms with Crippen LogP contribution in [-0.4, -0.2) is 36.3 Å². The molecule has 2 aromatic rings. The molecule has 1 saturated carbocycles. The highest BCUT2D eigenvalue weighted by Crippen LogP contribution is 2.48. The summed E-state index contributed by atoms with van der Waals surface area (Å²) in [5, 5.41) is 7.48. The number of halogens is 1. The lowest BCUT2D eigenvalue weighted by Crippen LogP contribution is -2.44. The second-order valence-corrected chi connectivity index (χ2v) is 8.13. The number of thiophene rings is 1. The smallest absolute Gasteiger partial charge is 0.243 e. The van der Waals surface area contributed by atoms with Crippen LogP contribution in [0.2, 0.25) is 0 Å². The number of amides is 2. The van der Waals surface area contributed by atoms with Crippen molar-refractivity contribution >= 4 is 28.8 Å². The van der Waals surface area contributed by atoms with Crippen molar-refractivity contribution in [3.05, 3.63) is 52.0 Å². The SMILES string of the molecule is O=C(CN1CCc2sccc2[C@H]1C1CC1)NCC(=O)Nc1ccc(F)cc1. The van der Waals surface area contributed by atoms with Gasteiger partial charge in [0.15, 0.2) is 0 Å². The Balaban J connectivity index is 1.29. The maximum absolute atomic E-state index is 12.9. The summed E-state index contributed by atoms with van der Waals surface area (Å²) in [5.74, 6) is -0.184. The monoisotopic (exact) mass is 387 g/mol. The number of fused-ring (bicyclic) bond motifs is 1. The van der Waals surface area contributed by atoms with Crippen LogP contribution >= 0.6 is 11.3 Å². The minimum absolute atomic E-state index is 0.0954. The van der Waals surface area contributed by atoms with Crippen molar-refractivity contribution in [3.8, 4) is 0 Å². The molecule has 1 fully saturated rings. The van der Waals surface area contributed by atoms with E-state index in [1.165, 1.54) is 47.5 Å². The van der Waals surface area contributed by atoms with Gasteiger partial charge < -0.3 is 10.6 Å². The quantitative estimate of drug-likeness (QED) is 0.801. The van der Waals surface area contributed by atoms with Crippen LogP contribution in [0.3, 0.4) is 0 Å². The molecule has 2 N–H and O–H groups in total. The van der Waals surface area contributed by atoms with Gasteiger partial charge in [-0.2, -0.15) is 0 Å². The van der Waals surface area contributed by atoms with E-state index in [1.807, 2.05) is 11.3 Å². The second-order valence-electron chi connectivity index (χ2n) is 7.13. The number of nitrogens with zero attached hydrogens (tertiary/aromatic N) is 1. The van der Waals surface area contributed by atoms with Crippen molar-refractivity contribution in [1.82, 2.24) is 10.2 Å². The van der Waals surface area contributed by atoms with E-state index in [9.17, 15) is 14.0 Å². The van der Waals surface area contributed by atoms with E-state index in [4.69, 9.17) is 0 Å². The highest BCUT2D eigenvalue weighted by molar-refractivity contribution is 7.10. The van der Waals surface area contributed by atoms with Crippen LogP contribution in [0.15, 0.2) is 35.7 Å². The summed E-state index contributed by atoms with van der Waals surface area (Å²) in [6, 6.07) is 8.06. The molecule has 5 nitrogen and oxygen atoms in total. The Morgan fingerprint density at radius 3 is 2.67 bits per heavy atom. The molecule has 142 valence electrons. The van der Waals surface area contributed by atoms with Gasteiger partial charge >= 0.3 is 0 Å². The molecule has 0 saturated heterocycles. The third kappa shape index (κ3) is 4.36.